The summed E-state index contributed by atoms with van der Waals surface area (Å²) in [5, 5.41) is 11.7. The van der Waals surface area contributed by atoms with Crippen LogP contribution in [0.1, 0.15) is 36.1 Å². The van der Waals surface area contributed by atoms with Gasteiger partial charge in [-0.3, -0.25) is 9.59 Å². The number of aliphatic carboxylic acids is 1. The Hall–Kier alpha value is -1.84. The van der Waals surface area contributed by atoms with E-state index in [1.54, 1.807) is 0 Å². The van der Waals surface area contributed by atoms with Crippen molar-refractivity contribution in [3.63, 3.8) is 0 Å². The number of carbonyl (C=O) groups is 2. The molecular weight excluding hydrogens is 242 g/mol. The molecule has 0 saturated carbocycles. The van der Waals surface area contributed by atoms with E-state index in [4.69, 9.17) is 5.11 Å². The molecule has 0 spiro atoms. The summed E-state index contributed by atoms with van der Waals surface area (Å²) in [6.07, 6.45) is 0. The van der Waals surface area contributed by atoms with Crippen LogP contribution in [-0.4, -0.2) is 17.0 Å². The molecular formula is C15H21NO3. The summed E-state index contributed by atoms with van der Waals surface area (Å²) in [6, 6.07) is 4.10. The molecule has 0 atom stereocenters. The van der Waals surface area contributed by atoms with E-state index < -0.39 is 17.3 Å². The zero-order chi connectivity index (χ0) is 14.8. The van der Waals surface area contributed by atoms with E-state index in [-0.39, 0.29) is 0 Å². The maximum absolute atomic E-state index is 11.9. The highest BCUT2D eigenvalue weighted by molar-refractivity contribution is 6.00. The molecule has 104 valence electrons. The van der Waals surface area contributed by atoms with Crippen molar-refractivity contribution in [2.45, 2.75) is 41.2 Å². The molecule has 0 saturated heterocycles. The van der Waals surface area contributed by atoms with Gasteiger partial charge in [-0.05, 0) is 51.3 Å². The molecule has 0 radical (unpaired) electrons. The van der Waals surface area contributed by atoms with Gasteiger partial charge in [0.2, 0.25) is 5.91 Å². The van der Waals surface area contributed by atoms with E-state index in [2.05, 4.69) is 17.4 Å². The van der Waals surface area contributed by atoms with E-state index in [0.717, 1.165) is 16.7 Å². The third-order valence-corrected chi connectivity index (χ3v) is 3.37. The van der Waals surface area contributed by atoms with Gasteiger partial charge >= 0.3 is 5.97 Å². The van der Waals surface area contributed by atoms with Gasteiger partial charge in [-0.15, -0.1) is 0 Å². The lowest BCUT2D eigenvalue weighted by molar-refractivity contribution is -0.153. The maximum Gasteiger partial charge on any atom is 0.318 e. The topological polar surface area (TPSA) is 66.4 Å². The van der Waals surface area contributed by atoms with Crippen LogP contribution < -0.4 is 5.32 Å². The van der Waals surface area contributed by atoms with Crippen LogP contribution in [0.4, 0.5) is 0 Å². The van der Waals surface area contributed by atoms with Gasteiger partial charge in [-0.25, -0.2) is 0 Å². The molecule has 1 aromatic carbocycles. The SMILES string of the molecule is Cc1cc(C)c(CNC(=O)C(C)(C)C(=O)O)c(C)c1. The molecule has 0 aliphatic heterocycles. The Balaban J connectivity index is 2.84. The lowest BCUT2D eigenvalue weighted by Crippen LogP contribution is -2.42. The summed E-state index contributed by atoms with van der Waals surface area (Å²) < 4.78 is 0. The monoisotopic (exact) mass is 263 g/mol. The van der Waals surface area contributed by atoms with Gasteiger partial charge in [0.25, 0.3) is 0 Å². The summed E-state index contributed by atoms with van der Waals surface area (Å²) in [6.45, 7) is 9.16. The molecule has 19 heavy (non-hydrogen) atoms. The van der Waals surface area contributed by atoms with Gasteiger partial charge in [0.15, 0.2) is 0 Å². The Morgan fingerprint density at radius 3 is 2.05 bits per heavy atom. The first-order valence-corrected chi connectivity index (χ1v) is 6.24. The van der Waals surface area contributed by atoms with Crippen molar-refractivity contribution in [2.75, 3.05) is 0 Å². The smallest absolute Gasteiger partial charge is 0.318 e. The molecule has 0 aliphatic carbocycles. The zero-order valence-corrected chi connectivity index (χ0v) is 12.1. The predicted molar refractivity (Wildman–Crippen MR) is 73.9 cm³/mol. The van der Waals surface area contributed by atoms with Crippen molar-refractivity contribution in [3.8, 4) is 0 Å². The Labute approximate surface area is 113 Å². The number of nitrogens with one attached hydrogen (secondary N) is 1. The van der Waals surface area contributed by atoms with E-state index in [1.807, 2.05) is 20.8 Å². The summed E-state index contributed by atoms with van der Waals surface area (Å²) >= 11 is 0. The maximum atomic E-state index is 11.9. The van der Waals surface area contributed by atoms with Crippen LogP contribution in [-0.2, 0) is 16.1 Å². The van der Waals surface area contributed by atoms with E-state index in [9.17, 15) is 9.59 Å². The summed E-state index contributed by atoms with van der Waals surface area (Å²) in [7, 11) is 0. The Kier molecular flexibility index (Phi) is 4.35. The molecule has 4 heteroatoms. The highest BCUT2D eigenvalue weighted by Crippen LogP contribution is 2.18. The van der Waals surface area contributed by atoms with Crippen molar-refractivity contribution in [3.05, 3.63) is 34.4 Å². The van der Waals surface area contributed by atoms with Crippen molar-refractivity contribution in [2.24, 2.45) is 5.41 Å². The number of hydrogen-bond donors (Lipinski definition) is 2. The van der Waals surface area contributed by atoms with Crippen LogP contribution >= 0.6 is 0 Å². The molecule has 0 heterocycles. The Morgan fingerprint density at radius 2 is 1.63 bits per heavy atom. The molecule has 1 amide bonds. The Bertz CT molecular complexity index is 495. The second-order valence-corrected chi connectivity index (χ2v) is 5.49. The second-order valence-electron chi connectivity index (χ2n) is 5.49. The summed E-state index contributed by atoms with van der Waals surface area (Å²) in [5.74, 6) is -1.60. The second kappa shape index (κ2) is 5.43. The van der Waals surface area contributed by atoms with Crippen molar-refractivity contribution in [1.82, 2.24) is 5.32 Å². The normalized spacial score (nSPS) is 11.2. The van der Waals surface area contributed by atoms with Gasteiger partial charge in [-0.2, -0.15) is 0 Å². The average molecular weight is 263 g/mol. The fourth-order valence-electron chi connectivity index (χ4n) is 1.98. The number of carbonyl (C=O) groups excluding carboxylic acids is 1. The minimum Gasteiger partial charge on any atom is -0.480 e. The number of amides is 1. The van der Waals surface area contributed by atoms with Gasteiger partial charge < -0.3 is 10.4 Å². The number of benzene rings is 1. The minimum absolute atomic E-state index is 0.355. The third kappa shape index (κ3) is 3.34. The van der Waals surface area contributed by atoms with Crippen LogP contribution in [0.15, 0.2) is 12.1 Å². The number of aryl methyl sites for hydroxylation is 3. The first kappa shape index (κ1) is 15.2. The van der Waals surface area contributed by atoms with Gasteiger partial charge in [0, 0.05) is 6.54 Å². The molecule has 0 unspecified atom stereocenters. The molecule has 1 aromatic rings. The fourth-order valence-corrected chi connectivity index (χ4v) is 1.98. The number of hydrogen-bond acceptors (Lipinski definition) is 2. The van der Waals surface area contributed by atoms with Crippen LogP contribution in [0.25, 0.3) is 0 Å². The fraction of sp³-hybridized carbons (Fsp3) is 0.467. The van der Waals surface area contributed by atoms with Crippen LogP contribution in [0.3, 0.4) is 0 Å². The molecule has 0 fully saturated rings. The molecule has 0 aromatic heterocycles. The highest BCUT2D eigenvalue weighted by Gasteiger charge is 2.35. The molecule has 4 nitrogen and oxygen atoms in total. The molecule has 1 rings (SSSR count). The predicted octanol–water partition coefficient (Wildman–Crippen LogP) is 2.34. The summed E-state index contributed by atoms with van der Waals surface area (Å²) in [5.41, 5.74) is 3.01. The lowest BCUT2D eigenvalue weighted by atomic mass is 9.92. The first-order valence-electron chi connectivity index (χ1n) is 6.24. The van der Waals surface area contributed by atoms with E-state index in [1.165, 1.54) is 19.4 Å². The van der Waals surface area contributed by atoms with Crippen LogP contribution in [0.2, 0.25) is 0 Å². The number of carboxylic acids is 1. The van der Waals surface area contributed by atoms with Crippen molar-refractivity contribution < 1.29 is 14.7 Å². The van der Waals surface area contributed by atoms with Crippen molar-refractivity contribution in [1.29, 1.82) is 0 Å². The van der Waals surface area contributed by atoms with E-state index >= 15 is 0 Å². The largest absolute Gasteiger partial charge is 0.480 e. The minimum atomic E-state index is -1.41. The van der Waals surface area contributed by atoms with Gasteiger partial charge in [-0.1, -0.05) is 17.7 Å². The van der Waals surface area contributed by atoms with Crippen LogP contribution in [0, 0.1) is 26.2 Å². The third-order valence-electron chi connectivity index (χ3n) is 3.37. The average Bonchev–Trinajstić information content (AvgIpc) is 2.26. The van der Waals surface area contributed by atoms with E-state index in [0.29, 0.717) is 6.54 Å². The van der Waals surface area contributed by atoms with Crippen LogP contribution in [0.5, 0.6) is 0 Å². The summed E-state index contributed by atoms with van der Waals surface area (Å²) in [4.78, 5) is 22.9. The first-order chi connectivity index (χ1) is 8.66. The lowest BCUT2D eigenvalue weighted by Gasteiger charge is -2.19. The standard InChI is InChI=1S/C15H21NO3/c1-9-6-10(2)12(11(3)7-9)8-16-13(17)15(4,5)14(18)19/h6-7H,8H2,1-5H3,(H,16,17)(H,18,19). The quantitative estimate of drug-likeness (QED) is 0.819. The number of rotatable bonds is 4. The Morgan fingerprint density at radius 1 is 1.16 bits per heavy atom. The van der Waals surface area contributed by atoms with Gasteiger partial charge in [0.1, 0.15) is 5.41 Å². The molecule has 2 N–H and O–H groups in total. The van der Waals surface area contributed by atoms with Gasteiger partial charge in [0.05, 0.1) is 0 Å². The number of carboxylic acid groups (broad SMARTS) is 1. The molecule has 0 bridgehead atoms. The van der Waals surface area contributed by atoms with Crippen molar-refractivity contribution >= 4 is 11.9 Å². The molecule has 0 aliphatic rings. The zero-order valence-electron chi connectivity index (χ0n) is 12.1. The highest BCUT2D eigenvalue weighted by atomic mass is 16.4.